The maximum Gasteiger partial charge on any atom is 0.251 e. The normalized spacial score (nSPS) is 17.7. The Kier molecular flexibility index (Phi) is 4.77. The van der Waals surface area contributed by atoms with Crippen LogP contribution in [0.25, 0.3) is 6.08 Å². The SMILES string of the molecule is CCOc1cc2c(cc1C=CC(=O)N1CC(=O)Nc3ccccc31)OC(C)C2. The second kappa shape index (κ2) is 7.38. The first kappa shape index (κ1) is 18.1. The van der Waals surface area contributed by atoms with Crippen molar-refractivity contribution in [2.75, 3.05) is 23.4 Å². The molecule has 2 aliphatic rings. The van der Waals surface area contributed by atoms with Crippen LogP contribution in [0.4, 0.5) is 11.4 Å². The third-order valence-electron chi connectivity index (χ3n) is 4.77. The van der Waals surface area contributed by atoms with Crippen LogP contribution in [0.2, 0.25) is 0 Å². The van der Waals surface area contributed by atoms with Crippen molar-refractivity contribution in [2.45, 2.75) is 26.4 Å². The monoisotopic (exact) mass is 378 g/mol. The molecule has 0 radical (unpaired) electrons. The summed E-state index contributed by atoms with van der Waals surface area (Å²) in [4.78, 5) is 26.2. The van der Waals surface area contributed by atoms with Crippen molar-refractivity contribution in [1.82, 2.24) is 0 Å². The minimum atomic E-state index is -0.264. The van der Waals surface area contributed by atoms with Crippen molar-refractivity contribution < 1.29 is 19.1 Å². The number of ether oxygens (including phenoxy) is 2. The van der Waals surface area contributed by atoms with E-state index in [4.69, 9.17) is 9.47 Å². The van der Waals surface area contributed by atoms with Crippen LogP contribution in [-0.2, 0) is 16.0 Å². The highest BCUT2D eigenvalue weighted by Crippen LogP contribution is 2.36. The summed E-state index contributed by atoms with van der Waals surface area (Å²) in [6, 6.07) is 11.1. The zero-order chi connectivity index (χ0) is 19.7. The van der Waals surface area contributed by atoms with Crippen LogP contribution in [0.1, 0.15) is 25.0 Å². The third-order valence-corrected chi connectivity index (χ3v) is 4.77. The lowest BCUT2D eigenvalue weighted by molar-refractivity contribution is -0.119. The molecular weight excluding hydrogens is 356 g/mol. The number of carbonyl (C=O) groups excluding carboxylic acids is 2. The molecule has 0 fully saturated rings. The molecule has 1 atom stereocenters. The number of anilines is 2. The predicted octanol–water partition coefficient (Wildman–Crippen LogP) is 3.41. The Labute approximate surface area is 163 Å². The Hall–Kier alpha value is -3.28. The molecule has 0 aromatic heterocycles. The van der Waals surface area contributed by atoms with E-state index in [2.05, 4.69) is 5.32 Å². The molecule has 2 amide bonds. The minimum absolute atomic E-state index is 0.0106. The minimum Gasteiger partial charge on any atom is -0.493 e. The fraction of sp³-hybridized carbons (Fsp3) is 0.273. The standard InChI is InChI=1S/C22H22N2O4/c1-3-27-19-12-16-10-14(2)28-20(16)11-15(19)8-9-22(26)24-13-21(25)23-17-6-4-5-7-18(17)24/h4-9,11-12,14H,3,10,13H2,1-2H3,(H,23,25). The highest BCUT2D eigenvalue weighted by atomic mass is 16.5. The van der Waals surface area contributed by atoms with Crippen LogP contribution in [-0.4, -0.2) is 31.1 Å². The van der Waals surface area contributed by atoms with Crippen LogP contribution >= 0.6 is 0 Å². The Morgan fingerprint density at radius 2 is 2.18 bits per heavy atom. The number of nitrogens with zero attached hydrogens (tertiary/aromatic N) is 1. The van der Waals surface area contributed by atoms with E-state index in [9.17, 15) is 9.59 Å². The number of amides is 2. The maximum absolute atomic E-state index is 12.8. The first-order valence-electron chi connectivity index (χ1n) is 9.40. The van der Waals surface area contributed by atoms with E-state index in [0.717, 1.165) is 29.0 Å². The summed E-state index contributed by atoms with van der Waals surface area (Å²) in [5.74, 6) is 1.07. The van der Waals surface area contributed by atoms with Gasteiger partial charge in [-0.15, -0.1) is 0 Å². The second-order valence-electron chi connectivity index (χ2n) is 6.89. The molecule has 2 aromatic rings. The summed E-state index contributed by atoms with van der Waals surface area (Å²) in [5, 5.41) is 2.78. The van der Waals surface area contributed by atoms with Gasteiger partial charge in [-0.2, -0.15) is 0 Å². The molecule has 4 rings (SSSR count). The highest BCUT2D eigenvalue weighted by Gasteiger charge is 2.25. The Balaban J connectivity index is 1.62. The molecule has 6 nitrogen and oxygen atoms in total. The van der Waals surface area contributed by atoms with E-state index in [-0.39, 0.29) is 24.5 Å². The first-order chi connectivity index (χ1) is 13.5. The number of fused-ring (bicyclic) bond motifs is 2. The van der Waals surface area contributed by atoms with Crippen LogP contribution in [0.15, 0.2) is 42.5 Å². The van der Waals surface area contributed by atoms with Gasteiger partial charge in [0, 0.05) is 23.6 Å². The van der Waals surface area contributed by atoms with Gasteiger partial charge in [0.1, 0.15) is 24.1 Å². The van der Waals surface area contributed by atoms with Crippen LogP contribution in [0, 0.1) is 0 Å². The Morgan fingerprint density at radius 3 is 3.00 bits per heavy atom. The van der Waals surface area contributed by atoms with Gasteiger partial charge < -0.3 is 14.8 Å². The molecule has 1 unspecified atom stereocenters. The lowest BCUT2D eigenvalue weighted by Gasteiger charge is -2.28. The average molecular weight is 378 g/mol. The van der Waals surface area contributed by atoms with Crippen molar-refractivity contribution in [1.29, 1.82) is 0 Å². The second-order valence-corrected chi connectivity index (χ2v) is 6.89. The van der Waals surface area contributed by atoms with Gasteiger partial charge in [0.15, 0.2) is 0 Å². The molecule has 0 aliphatic carbocycles. The molecule has 28 heavy (non-hydrogen) atoms. The lowest BCUT2D eigenvalue weighted by Crippen LogP contribution is -2.41. The predicted molar refractivity (Wildman–Crippen MR) is 108 cm³/mol. The number of carbonyl (C=O) groups is 2. The number of nitrogens with one attached hydrogen (secondary N) is 1. The summed E-state index contributed by atoms with van der Waals surface area (Å²) in [6.07, 6.45) is 4.17. The van der Waals surface area contributed by atoms with Gasteiger partial charge in [0.25, 0.3) is 5.91 Å². The highest BCUT2D eigenvalue weighted by molar-refractivity contribution is 6.13. The molecule has 1 N–H and O–H groups in total. The topological polar surface area (TPSA) is 67.9 Å². The summed E-state index contributed by atoms with van der Waals surface area (Å²) in [5.41, 5.74) is 3.21. The zero-order valence-electron chi connectivity index (χ0n) is 15.9. The summed E-state index contributed by atoms with van der Waals surface area (Å²) in [7, 11) is 0. The molecule has 0 spiro atoms. The molecule has 2 heterocycles. The van der Waals surface area contributed by atoms with E-state index >= 15 is 0 Å². The van der Waals surface area contributed by atoms with Gasteiger partial charge in [-0.1, -0.05) is 12.1 Å². The Bertz CT molecular complexity index is 967. The number of rotatable bonds is 4. The van der Waals surface area contributed by atoms with Crippen LogP contribution in [0.3, 0.4) is 0 Å². The largest absolute Gasteiger partial charge is 0.493 e. The number of hydrogen-bond acceptors (Lipinski definition) is 4. The molecule has 2 aromatic carbocycles. The first-order valence-corrected chi connectivity index (χ1v) is 9.40. The molecule has 0 saturated heterocycles. The van der Waals surface area contributed by atoms with Crippen molar-refractivity contribution in [3.05, 3.63) is 53.6 Å². The smallest absolute Gasteiger partial charge is 0.251 e. The van der Waals surface area contributed by atoms with Gasteiger partial charge in [0.2, 0.25) is 5.91 Å². The molecule has 6 heteroatoms. The van der Waals surface area contributed by atoms with E-state index in [1.165, 1.54) is 11.0 Å². The zero-order valence-corrected chi connectivity index (χ0v) is 15.9. The summed E-state index contributed by atoms with van der Waals surface area (Å²) in [6.45, 7) is 4.47. The Morgan fingerprint density at radius 1 is 1.36 bits per heavy atom. The van der Waals surface area contributed by atoms with Crippen molar-refractivity contribution in [3.63, 3.8) is 0 Å². The summed E-state index contributed by atoms with van der Waals surface area (Å²) < 4.78 is 11.6. The van der Waals surface area contributed by atoms with Crippen molar-refractivity contribution in [2.24, 2.45) is 0 Å². The quantitative estimate of drug-likeness (QED) is 0.828. The van der Waals surface area contributed by atoms with E-state index in [1.807, 2.05) is 44.2 Å². The van der Waals surface area contributed by atoms with Gasteiger partial charge >= 0.3 is 0 Å². The van der Waals surface area contributed by atoms with Gasteiger partial charge in [0.05, 0.1) is 18.0 Å². The number of hydrogen-bond donors (Lipinski definition) is 1. The van der Waals surface area contributed by atoms with Crippen LogP contribution < -0.4 is 19.7 Å². The fourth-order valence-corrected chi connectivity index (χ4v) is 3.55. The van der Waals surface area contributed by atoms with Gasteiger partial charge in [-0.05, 0) is 44.2 Å². The fourth-order valence-electron chi connectivity index (χ4n) is 3.55. The lowest BCUT2D eigenvalue weighted by atomic mass is 10.1. The van der Waals surface area contributed by atoms with E-state index < -0.39 is 0 Å². The van der Waals surface area contributed by atoms with E-state index in [0.29, 0.717) is 18.0 Å². The molecule has 144 valence electrons. The molecule has 0 saturated carbocycles. The molecular formula is C22H22N2O4. The summed E-state index contributed by atoms with van der Waals surface area (Å²) >= 11 is 0. The molecule has 0 bridgehead atoms. The van der Waals surface area contributed by atoms with Crippen molar-refractivity contribution >= 4 is 29.3 Å². The van der Waals surface area contributed by atoms with Crippen molar-refractivity contribution in [3.8, 4) is 11.5 Å². The van der Waals surface area contributed by atoms with Gasteiger partial charge in [-0.3, -0.25) is 14.5 Å². The molecule has 2 aliphatic heterocycles. The van der Waals surface area contributed by atoms with Gasteiger partial charge in [-0.25, -0.2) is 0 Å². The average Bonchev–Trinajstić information content (AvgIpc) is 3.04. The number of benzene rings is 2. The number of para-hydroxylation sites is 2. The maximum atomic E-state index is 12.8. The van der Waals surface area contributed by atoms with E-state index in [1.54, 1.807) is 12.1 Å². The third kappa shape index (κ3) is 3.45. The van der Waals surface area contributed by atoms with Crippen LogP contribution in [0.5, 0.6) is 11.5 Å².